The van der Waals surface area contributed by atoms with Crippen LogP contribution in [0.4, 0.5) is 5.69 Å². The average Bonchev–Trinajstić information content (AvgIpc) is 2.66. The van der Waals surface area contributed by atoms with E-state index in [0.717, 1.165) is 18.8 Å². The zero-order valence-electron chi connectivity index (χ0n) is 8.57. The van der Waals surface area contributed by atoms with E-state index in [2.05, 4.69) is 5.32 Å². The summed E-state index contributed by atoms with van der Waals surface area (Å²) in [6, 6.07) is 1.93. The van der Waals surface area contributed by atoms with Crippen molar-refractivity contribution in [2.45, 2.75) is 12.6 Å². The molecule has 1 aromatic heterocycles. The molecule has 0 radical (unpaired) electrons. The molecule has 1 fully saturated rings. The molecule has 1 atom stereocenters. The molecule has 5 heteroatoms. The summed E-state index contributed by atoms with van der Waals surface area (Å²) < 4.78 is 10.8. The lowest BCUT2D eigenvalue weighted by molar-refractivity contribution is -0.0864. The molecule has 0 amide bonds. The second kappa shape index (κ2) is 5.46. The number of anilines is 1. The molecule has 4 nitrogen and oxygen atoms in total. The van der Waals surface area contributed by atoms with Crippen LogP contribution in [0.5, 0.6) is 0 Å². The molecule has 1 aliphatic rings. The fraction of sp³-hybridized carbons (Fsp3) is 0.600. The summed E-state index contributed by atoms with van der Waals surface area (Å²) in [5, 5.41) is 5.33. The molecule has 2 heterocycles. The van der Waals surface area contributed by atoms with E-state index < -0.39 is 0 Å². The molecule has 0 bridgehead atoms. The molecule has 1 saturated heterocycles. The van der Waals surface area contributed by atoms with E-state index in [0.29, 0.717) is 19.8 Å². The Kier molecular flexibility index (Phi) is 3.96. The minimum absolute atomic E-state index is 0.180. The highest BCUT2D eigenvalue weighted by molar-refractivity contribution is 7.10. The minimum atomic E-state index is 0.180. The zero-order chi connectivity index (χ0) is 10.5. The van der Waals surface area contributed by atoms with Gasteiger partial charge in [-0.25, -0.2) is 0 Å². The summed E-state index contributed by atoms with van der Waals surface area (Å²) in [6.07, 6.45) is 0.180. The Labute approximate surface area is 93.4 Å². The summed E-state index contributed by atoms with van der Waals surface area (Å²) in [6.45, 7) is 3.73. The lowest BCUT2D eigenvalue weighted by Crippen LogP contribution is -2.37. The highest BCUT2D eigenvalue weighted by Crippen LogP contribution is 2.18. The van der Waals surface area contributed by atoms with E-state index in [-0.39, 0.29) is 6.10 Å². The summed E-state index contributed by atoms with van der Waals surface area (Å²) >= 11 is 1.68. The monoisotopic (exact) mass is 228 g/mol. The first-order valence-corrected chi connectivity index (χ1v) is 5.96. The van der Waals surface area contributed by atoms with Crippen LogP contribution in [0, 0.1) is 0 Å². The third-order valence-corrected chi connectivity index (χ3v) is 3.26. The van der Waals surface area contributed by atoms with Crippen LogP contribution < -0.4 is 11.1 Å². The van der Waals surface area contributed by atoms with Gasteiger partial charge >= 0.3 is 0 Å². The van der Waals surface area contributed by atoms with Crippen molar-refractivity contribution < 1.29 is 9.47 Å². The van der Waals surface area contributed by atoms with Gasteiger partial charge < -0.3 is 20.5 Å². The Morgan fingerprint density at radius 1 is 1.53 bits per heavy atom. The van der Waals surface area contributed by atoms with Gasteiger partial charge in [0.25, 0.3) is 0 Å². The Bertz CT molecular complexity index is 297. The highest BCUT2D eigenvalue weighted by Gasteiger charge is 2.13. The first kappa shape index (κ1) is 10.9. The molecule has 1 aliphatic heterocycles. The molecule has 0 aromatic carbocycles. The second-order valence-corrected chi connectivity index (χ2v) is 4.50. The Morgan fingerprint density at radius 3 is 3.13 bits per heavy atom. The number of ether oxygens (including phenoxy) is 2. The number of nitrogens with two attached hydrogens (primary N) is 1. The van der Waals surface area contributed by atoms with Gasteiger partial charge in [0.15, 0.2) is 0 Å². The number of hydrogen-bond donors (Lipinski definition) is 2. The van der Waals surface area contributed by atoms with Crippen molar-refractivity contribution in [3.63, 3.8) is 0 Å². The van der Waals surface area contributed by atoms with Crippen LogP contribution >= 0.6 is 11.3 Å². The number of nitrogen functional groups attached to an aromatic ring is 1. The molecule has 0 spiro atoms. The molecule has 15 heavy (non-hydrogen) atoms. The van der Waals surface area contributed by atoms with Gasteiger partial charge in [0.05, 0.1) is 25.9 Å². The Morgan fingerprint density at radius 2 is 2.47 bits per heavy atom. The van der Waals surface area contributed by atoms with E-state index in [4.69, 9.17) is 15.2 Å². The van der Waals surface area contributed by atoms with E-state index in [1.807, 2.05) is 11.4 Å². The lowest BCUT2D eigenvalue weighted by Gasteiger charge is -2.23. The van der Waals surface area contributed by atoms with Crippen molar-refractivity contribution >= 4 is 17.0 Å². The van der Waals surface area contributed by atoms with Gasteiger partial charge in [-0.05, 0) is 11.4 Å². The minimum Gasteiger partial charge on any atom is -0.398 e. The lowest BCUT2D eigenvalue weighted by atomic mass is 10.3. The Balaban J connectivity index is 1.68. The topological polar surface area (TPSA) is 56.5 Å². The summed E-state index contributed by atoms with van der Waals surface area (Å²) in [5.41, 5.74) is 6.64. The maximum atomic E-state index is 5.77. The van der Waals surface area contributed by atoms with Gasteiger partial charge in [0.1, 0.15) is 0 Å². The average molecular weight is 228 g/mol. The number of rotatable bonds is 4. The van der Waals surface area contributed by atoms with Crippen molar-refractivity contribution in [1.29, 1.82) is 0 Å². The number of hydrogen-bond acceptors (Lipinski definition) is 5. The van der Waals surface area contributed by atoms with Crippen LogP contribution in [0.3, 0.4) is 0 Å². The molecule has 1 aromatic rings. The quantitative estimate of drug-likeness (QED) is 0.801. The molecular weight excluding hydrogens is 212 g/mol. The third kappa shape index (κ3) is 3.17. The zero-order valence-corrected chi connectivity index (χ0v) is 9.39. The SMILES string of the molecule is Nc1ccsc1CNCC1COCCO1. The maximum absolute atomic E-state index is 5.77. The van der Waals surface area contributed by atoms with Crippen LogP contribution in [-0.4, -0.2) is 32.5 Å². The summed E-state index contributed by atoms with van der Waals surface area (Å²) in [5.74, 6) is 0. The van der Waals surface area contributed by atoms with Gasteiger partial charge in [-0.1, -0.05) is 0 Å². The van der Waals surface area contributed by atoms with Gasteiger partial charge in [-0.3, -0.25) is 0 Å². The van der Waals surface area contributed by atoms with Crippen LogP contribution in [-0.2, 0) is 16.0 Å². The van der Waals surface area contributed by atoms with Gasteiger partial charge in [0, 0.05) is 23.7 Å². The molecular formula is C10H16N2O2S. The van der Waals surface area contributed by atoms with Crippen molar-refractivity contribution in [2.75, 3.05) is 32.1 Å². The predicted molar refractivity (Wildman–Crippen MR) is 61.0 cm³/mol. The van der Waals surface area contributed by atoms with Crippen LogP contribution in [0.15, 0.2) is 11.4 Å². The van der Waals surface area contributed by atoms with Gasteiger partial charge in [-0.2, -0.15) is 0 Å². The highest BCUT2D eigenvalue weighted by atomic mass is 32.1. The molecule has 1 unspecified atom stereocenters. The summed E-state index contributed by atoms with van der Waals surface area (Å²) in [7, 11) is 0. The maximum Gasteiger partial charge on any atom is 0.0933 e. The van der Waals surface area contributed by atoms with Crippen molar-refractivity contribution in [1.82, 2.24) is 5.32 Å². The van der Waals surface area contributed by atoms with Crippen molar-refractivity contribution in [3.05, 3.63) is 16.3 Å². The van der Waals surface area contributed by atoms with Gasteiger partial charge in [-0.15, -0.1) is 11.3 Å². The first-order chi connectivity index (χ1) is 7.36. The van der Waals surface area contributed by atoms with Crippen LogP contribution in [0.25, 0.3) is 0 Å². The van der Waals surface area contributed by atoms with Crippen molar-refractivity contribution in [2.24, 2.45) is 0 Å². The number of thiophene rings is 1. The number of nitrogens with one attached hydrogen (secondary N) is 1. The predicted octanol–water partition coefficient (Wildman–Crippen LogP) is 0.835. The standard InChI is InChI=1S/C10H16N2O2S/c11-9-1-4-15-10(9)6-12-5-8-7-13-2-3-14-8/h1,4,8,12H,2-3,5-7,11H2. The first-order valence-electron chi connectivity index (χ1n) is 5.08. The smallest absolute Gasteiger partial charge is 0.0933 e. The van der Waals surface area contributed by atoms with Crippen LogP contribution in [0.2, 0.25) is 0 Å². The molecule has 0 saturated carbocycles. The molecule has 84 valence electrons. The van der Waals surface area contributed by atoms with E-state index in [1.165, 1.54) is 4.88 Å². The normalized spacial score (nSPS) is 21.7. The fourth-order valence-electron chi connectivity index (χ4n) is 1.50. The molecule has 2 rings (SSSR count). The van der Waals surface area contributed by atoms with E-state index in [1.54, 1.807) is 11.3 Å². The largest absolute Gasteiger partial charge is 0.398 e. The van der Waals surface area contributed by atoms with Crippen LogP contribution in [0.1, 0.15) is 4.88 Å². The third-order valence-electron chi connectivity index (χ3n) is 2.32. The van der Waals surface area contributed by atoms with Crippen molar-refractivity contribution in [3.8, 4) is 0 Å². The van der Waals surface area contributed by atoms with E-state index in [9.17, 15) is 0 Å². The van der Waals surface area contributed by atoms with E-state index >= 15 is 0 Å². The molecule has 0 aliphatic carbocycles. The Hall–Kier alpha value is -0.620. The summed E-state index contributed by atoms with van der Waals surface area (Å²) in [4.78, 5) is 1.19. The second-order valence-electron chi connectivity index (χ2n) is 3.50. The fourth-order valence-corrected chi connectivity index (χ4v) is 2.26. The van der Waals surface area contributed by atoms with Gasteiger partial charge in [0.2, 0.25) is 0 Å². The molecule has 3 N–H and O–H groups in total.